The number of carbonyl (C=O) groups excluding carboxylic acids is 2. The minimum Gasteiger partial charge on any atom is -0.466 e. The average Bonchev–Trinajstić information content (AvgIpc) is 2.43. The largest absolute Gasteiger partial charge is 0.466 e. The molecule has 0 fully saturated rings. The molecule has 0 unspecified atom stereocenters. The molecular weight excluding hydrogens is 256 g/mol. The van der Waals surface area contributed by atoms with Gasteiger partial charge in [0.1, 0.15) is 6.04 Å². The molecule has 20 heavy (non-hydrogen) atoms. The van der Waals surface area contributed by atoms with Crippen LogP contribution in [0.1, 0.15) is 25.5 Å². The quantitative estimate of drug-likeness (QED) is 0.609. The van der Waals surface area contributed by atoms with E-state index in [2.05, 4.69) is 10.1 Å². The molecule has 0 aliphatic rings. The molecule has 5 heteroatoms. The molecular formula is C15H20N2O3. The molecule has 3 N–H and O–H groups in total. The third-order valence-electron chi connectivity index (χ3n) is 2.82. The number of primary amides is 1. The van der Waals surface area contributed by atoms with Crippen LogP contribution in [-0.2, 0) is 14.3 Å². The van der Waals surface area contributed by atoms with Crippen molar-refractivity contribution in [2.75, 3.05) is 7.11 Å². The van der Waals surface area contributed by atoms with Gasteiger partial charge in [0.15, 0.2) is 0 Å². The van der Waals surface area contributed by atoms with Gasteiger partial charge in [0.2, 0.25) is 5.91 Å². The van der Waals surface area contributed by atoms with E-state index in [1.165, 1.54) is 13.2 Å². The molecule has 0 heterocycles. The second-order valence-electron chi connectivity index (χ2n) is 4.67. The van der Waals surface area contributed by atoms with E-state index in [1.54, 1.807) is 12.1 Å². The van der Waals surface area contributed by atoms with Crippen LogP contribution in [0.3, 0.4) is 0 Å². The third kappa shape index (κ3) is 4.42. The highest BCUT2D eigenvalue weighted by molar-refractivity contribution is 5.84. The zero-order valence-electron chi connectivity index (χ0n) is 11.9. The van der Waals surface area contributed by atoms with Gasteiger partial charge in [-0.25, -0.2) is 4.79 Å². The lowest BCUT2D eigenvalue weighted by molar-refractivity contribution is -0.135. The van der Waals surface area contributed by atoms with E-state index in [4.69, 9.17) is 5.73 Å². The highest BCUT2D eigenvalue weighted by Crippen LogP contribution is 2.17. The maximum Gasteiger partial charge on any atom is 0.332 e. The zero-order chi connectivity index (χ0) is 15.1. The van der Waals surface area contributed by atoms with Crippen molar-refractivity contribution >= 4 is 11.9 Å². The summed E-state index contributed by atoms with van der Waals surface area (Å²) in [5.41, 5.74) is 6.78. The van der Waals surface area contributed by atoms with E-state index in [-0.39, 0.29) is 5.92 Å². The third-order valence-corrected chi connectivity index (χ3v) is 2.82. The van der Waals surface area contributed by atoms with E-state index in [9.17, 15) is 9.59 Å². The average molecular weight is 276 g/mol. The summed E-state index contributed by atoms with van der Waals surface area (Å²) >= 11 is 0. The molecule has 0 saturated carbocycles. The van der Waals surface area contributed by atoms with Crippen LogP contribution in [0.25, 0.3) is 0 Å². The standard InChI is InChI=1S/C15H20N2O3/c1-10(2)12(9-13(18)20-3)17-14(15(16)19)11-7-5-4-6-8-11/h4-10,14,17H,1-3H3,(H2,16,19)/b12-9-/t14-/m0/s1. The lowest BCUT2D eigenvalue weighted by Gasteiger charge is -2.21. The van der Waals surface area contributed by atoms with Gasteiger partial charge in [-0.1, -0.05) is 44.2 Å². The topological polar surface area (TPSA) is 81.4 Å². The number of rotatable bonds is 6. The summed E-state index contributed by atoms with van der Waals surface area (Å²) in [7, 11) is 1.31. The number of benzene rings is 1. The van der Waals surface area contributed by atoms with Crippen molar-refractivity contribution < 1.29 is 14.3 Å². The first-order chi connectivity index (χ1) is 9.45. The molecule has 1 aromatic rings. The second-order valence-corrected chi connectivity index (χ2v) is 4.67. The number of methoxy groups -OCH3 is 1. The molecule has 0 aromatic heterocycles. The molecule has 1 aromatic carbocycles. The minimum absolute atomic E-state index is 0.0275. The summed E-state index contributed by atoms with van der Waals surface area (Å²) in [6.07, 6.45) is 1.34. The highest BCUT2D eigenvalue weighted by atomic mass is 16.5. The van der Waals surface area contributed by atoms with Gasteiger partial charge in [-0.05, 0) is 11.5 Å². The van der Waals surface area contributed by atoms with Gasteiger partial charge in [0.25, 0.3) is 0 Å². The van der Waals surface area contributed by atoms with Crippen molar-refractivity contribution in [2.24, 2.45) is 11.7 Å². The van der Waals surface area contributed by atoms with Crippen LogP contribution in [0.5, 0.6) is 0 Å². The predicted molar refractivity (Wildman–Crippen MR) is 76.5 cm³/mol. The van der Waals surface area contributed by atoms with Gasteiger partial charge >= 0.3 is 5.97 Å². The molecule has 0 saturated heterocycles. The molecule has 0 aliphatic heterocycles. The van der Waals surface area contributed by atoms with Gasteiger partial charge in [-0.3, -0.25) is 4.79 Å². The van der Waals surface area contributed by atoms with Gasteiger partial charge in [0, 0.05) is 11.8 Å². The van der Waals surface area contributed by atoms with Gasteiger partial charge in [0.05, 0.1) is 7.11 Å². The fourth-order valence-corrected chi connectivity index (χ4v) is 1.69. The van der Waals surface area contributed by atoms with Gasteiger partial charge < -0.3 is 15.8 Å². The lowest BCUT2D eigenvalue weighted by Crippen LogP contribution is -2.34. The Morgan fingerprint density at radius 1 is 1.25 bits per heavy atom. The molecule has 1 amide bonds. The molecule has 1 rings (SSSR count). The van der Waals surface area contributed by atoms with Gasteiger partial charge in [-0.15, -0.1) is 0 Å². The number of hydrogen-bond acceptors (Lipinski definition) is 4. The number of amides is 1. The van der Waals surface area contributed by atoms with Crippen LogP contribution in [0.15, 0.2) is 42.1 Å². The molecule has 108 valence electrons. The van der Waals surface area contributed by atoms with E-state index in [1.807, 2.05) is 32.0 Å². The molecule has 0 aliphatic carbocycles. The van der Waals surface area contributed by atoms with Crippen LogP contribution in [0, 0.1) is 5.92 Å². The predicted octanol–water partition coefficient (Wildman–Crippen LogP) is 1.52. The number of hydrogen-bond donors (Lipinski definition) is 2. The van der Waals surface area contributed by atoms with Crippen LogP contribution >= 0.6 is 0 Å². The smallest absolute Gasteiger partial charge is 0.332 e. The Bertz CT molecular complexity index is 495. The molecule has 1 atom stereocenters. The Morgan fingerprint density at radius 3 is 2.30 bits per heavy atom. The summed E-state index contributed by atoms with van der Waals surface area (Å²) in [6.45, 7) is 3.82. The number of carbonyl (C=O) groups is 2. The summed E-state index contributed by atoms with van der Waals surface area (Å²) in [5, 5.41) is 3.02. The first-order valence-corrected chi connectivity index (χ1v) is 6.36. The Balaban J connectivity index is 3.02. The van der Waals surface area contributed by atoms with Crippen LogP contribution in [0.2, 0.25) is 0 Å². The summed E-state index contributed by atoms with van der Waals surface area (Å²) in [6, 6.07) is 8.43. The lowest BCUT2D eigenvalue weighted by atomic mass is 10.0. The normalized spacial score (nSPS) is 12.9. The van der Waals surface area contributed by atoms with Crippen molar-refractivity contribution in [3.8, 4) is 0 Å². The van der Waals surface area contributed by atoms with Crippen LogP contribution < -0.4 is 11.1 Å². The number of esters is 1. The highest BCUT2D eigenvalue weighted by Gasteiger charge is 2.20. The zero-order valence-corrected chi connectivity index (χ0v) is 11.9. The number of nitrogens with two attached hydrogens (primary N) is 1. The SMILES string of the molecule is COC(=O)/C=C(\N[C@H](C(N)=O)c1ccccc1)C(C)C. The van der Waals surface area contributed by atoms with E-state index >= 15 is 0 Å². The molecule has 0 radical (unpaired) electrons. The summed E-state index contributed by atoms with van der Waals surface area (Å²) in [5.74, 6) is -0.954. The molecule has 0 bridgehead atoms. The Kier molecular flexibility index (Phi) is 5.77. The number of nitrogens with one attached hydrogen (secondary N) is 1. The second kappa shape index (κ2) is 7.33. The van der Waals surface area contributed by atoms with E-state index in [0.717, 1.165) is 5.56 Å². The van der Waals surface area contributed by atoms with Crippen LogP contribution in [0.4, 0.5) is 0 Å². The minimum atomic E-state index is -0.686. The monoisotopic (exact) mass is 276 g/mol. The fraction of sp³-hybridized carbons (Fsp3) is 0.333. The first kappa shape index (κ1) is 15.8. The van der Waals surface area contributed by atoms with E-state index in [0.29, 0.717) is 5.70 Å². The Hall–Kier alpha value is -2.30. The molecule has 5 nitrogen and oxygen atoms in total. The molecule has 0 spiro atoms. The Labute approximate surface area is 118 Å². The van der Waals surface area contributed by atoms with Crippen molar-refractivity contribution in [2.45, 2.75) is 19.9 Å². The first-order valence-electron chi connectivity index (χ1n) is 6.36. The van der Waals surface area contributed by atoms with Crippen molar-refractivity contribution in [3.63, 3.8) is 0 Å². The maximum absolute atomic E-state index is 11.6. The summed E-state index contributed by atoms with van der Waals surface area (Å²) in [4.78, 5) is 23.0. The number of ether oxygens (including phenoxy) is 1. The van der Waals surface area contributed by atoms with E-state index < -0.39 is 17.9 Å². The van der Waals surface area contributed by atoms with Crippen LogP contribution in [-0.4, -0.2) is 19.0 Å². The maximum atomic E-state index is 11.6. The van der Waals surface area contributed by atoms with Crippen molar-refractivity contribution in [3.05, 3.63) is 47.7 Å². The number of allylic oxidation sites excluding steroid dienone is 1. The van der Waals surface area contributed by atoms with Gasteiger partial charge in [-0.2, -0.15) is 0 Å². The van der Waals surface area contributed by atoms with Crippen molar-refractivity contribution in [1.82, 2.24) is 5.32 Å². The Morgan fingerprint density at radius 2 is 1.85 bits per heavy atom. The summed E-state index contributed by atoms with van der Waals surface area (Å²) < 4.78 is 4.61. The van der Waals surface area contributed by atoms with Crippen molar-refractivity contribution in [1.29, 1.82) is 0 Å². The fourth-order valence-electron chi connectivity index (χ4n) is 1.69.